The van der Waals surface area contributed by atoms with Crippen molar-refractivity contribution in [2.24, 2.45) is 0 Å². The van der Waals surface area contributed by atoms with Gasteiger partial charge in [-0.3, -0.25) is 31.1 Å². The van der Waals surface area contributed by atoms with Gasteiger partial charge in [-0.2, -0.15) is 0 Å². The van der Waals surface area contributed by atoms with Crippen LogP contribution in [0, 0.1) is 20.2 Å². The number of hydrazine groups is 1. The van der Waals surface area contributed by atoms with Crippen molar-refractivity contribution < 1.29 is 18.3 Å². The third-order valence-electron chi connectivity index (χ3n) is 3.27. The maximum atomic E-state index is 11.4. The van der Waals surface area contributed by atoms with Gasteiger partial charge in [0.15, 0.2) is 14.9 Å². The van der Waals surface area contributed by atoms with E-state index in [2.05, 4.69) is 16.2 Å². The number of anilines is 1. The summed E-state index contributed by atoms with van der Waals surface area (Å²) in [4.78, 5) is 20.2. The second-order valence-electron chi connectivity index (χ2n) is 5.04. The molecular weight excluding hydrogens is 362 g/mol. The van der Waals surface area contributed by atoms with Crippen molar-refractivity contribution in [2.45, 2.75) is 12.5 Å². The Morgan fingerprint density at radius 1 is 1.25 bits per heavy atom. The number of nitro benzene ring substituents is 2. The normalized spacial score (nSPS) is 18.6. The van der Waals surface area contributed by atoms with Crippen LogP contribution in [0.2, 0.25) is 0 Å². The first kappa shape index (κ1) is 17.8. The molecule has 1 heterocycles. The predicted octanol–water partition coefficient (Wildman–Crippen LogP) is 0.481. The van der Waals surface area contributed by atoms with Crippen LogP contribution < -0.4 is 16.2 Å². The van der Waals surface area contributed by atoms with E-state index in [9.17, 15) is 28.6 Å². The van der Waals surface area contributed by atoms with E-state index < -0.39 is 31.1 Å². The van der Waals surface area contributed by atoms with Gasteiger partial charge in [-0.05, 0) is 24.7 Å². The van der Waals surface area contributed by atoms with Crippen molar-refractivity contribution in [1.82, 2.24) is 10.7 Å². The van der Waals surface area contributed by atoms with Gasteiger partial charge < -0.3 is 5.32 Å². The molecule has 0 unspecified atom stereocenters. The Bertz CT molecular complexity index is 796. The van der Waals surface area contributed by atoms with Crippen molar-refractivity contribution in [1.29, 1.82) is 0 Å². The van der Waals surface area contributed by atoms with E-state index in [0.717, 1.165) is 12.1 Å². The highest BCUT2D eigenvalue weighted by molar-refractivity contribution is 7.91. The molecule has 0 amide bonds. The van der Waals surface area contributed by atoms with Crippen molar-refractivity contribution in [2.75, 3.05) is 16.9 Å². The fraction of sp³-hybridized carbons (Fsp3) is 0.364. The molecule has 13 heteroatoms. The summed E-state index contributed by atoms with van der Waals surface area (Å²) in [6.07, 6.45) is 0.418. The molecule has 2 rings (SSSR count). The van der Waals surface area contributed by atoms with Gasteiger partial charge in [0, 0.05) is 12.1 Å². The van der Waals surface area contributed by atoms with Crippen LogP contribution in [-0.2, 0) is 9.84 Å². The van der Waals surface area contributed by atoms with Crippen LogP contribution in [0.4, 0.5) is 17.1 Å². The van der Waals surface area contributed by atoms with Gasteiger partial charge >= 0.3 is 5.69 Å². The zero-order valence-electron chi connectivity index (χ0n) is 12.1. The molecule has 0 aliphatic carbocycles. The summed E-state index contributed by atoms with van der Waals surface area (Å²) in [6.45, 7) is 0. The summed E-state index contributed by atoms with van der Waals surface area (Å²) in [5.74, 6) is 0.0427. The number of thiocarbonyl (C=S) groups is 1. The number of benzene rings is 1. The van der Waals surface area contributed by atoms with Gasteiger partial charge in [-0.25, -0.2) is 8.42 Å². The molecule has 1 aromatic carbocycles. The van der Waals surface area contributed by atoms with Crippen molar-refractivity contribution in [3.63, 3.8) is 0 Å². The maximum Gasteiger partial charge on any atom is 0.300 e. The summed E-state index contributed by atoms with van der Waals surface area (Å²) in [6, 6.07) is 2.77. The van der Waals surface area contributed by atoms with E-state index in [1.165, 1.54) is 6.07 Å². The van der Waals surface area contributed by atoms with E-state index >= 15 is 0 Å². The quantitative estimate of drug-likeness (QED) is 0.375. The first-order valence-electron chi connectivity index (χ1n) is 6.64. The van der Waals surface area contributed by atoms with Gasteiger partial charge in [0.1, 0.15) is 5.69 Å². The molecule has 0 spiro atoms. The molecule has 1 atom stereocenters. The molecule has 1 aromatic rings. The van der Waals surface area contributed by atoms with Crippen molar-refractivity contribution in [3.8, 4) is 0 Å². The molecule has 1 aliphatic rings. The average Bonchev–Trinajstić information content (AvgIpc) is 2.83. The summed E-state index contributed by atoms with van der Waals surface area (Å²) in [5, 5.41) is 24.5. The van der Waals surface area contributed by atoms with Gasteiger partial charge in [0.05, 0.1) is 27.4 Å². The van der Waals surface area contributed by atoms with Gasteiger partial charge in [-0.15, -0.1) is 0 Å². The summed E-state index contributed by atoms with van der Waals surface area (Å²) < 4.78 is 22.7. The third-order valence-corrected chi connectivity index (χ3v) is 5.26. The van der Waals surface area contributed by atoms with E-state index in [0.29, 0.717) is 6.42 Å². The lowest BCUT2D eigenvalue weighted by Crippen LogP contribution is -2.44. The number of nitro groups is 2. The second kappa shape index (κ2) is 6.92. The lowest BCUT2D eigenvalue weighted by molar-refractivity contribution is -0.393. The largest absolute Gasteiger partial charge is 0.358 e. The van der Waals surface area contributed by atoms with Crippen LogP contribution >= 0.6 is 12.2 Å². The smallest absolute Gasteiger partial charge is 0.300 e. The highest BCUT2D eigenvalue weighted by Gasteiger charge is 2.28. The molecule has 11 nitrogen and oxygen atoms in total. The van der Waals surface area contributed by atoms with E-state index in [-0.39, 0.29) is 28.3 Å². The highest BCUT2D eigenvalue weighted by atomic mass is 32.2. The molecule has 0 aromatic heterocycles. The van der Waals surface area contributed by atoms with E-state index in [4.69, 9.17) is 12.2 Å². The number of rotatable bonds is 5. The minimum absolute atomic E-state index is 0.0196. The zero-order valence-corrected chi connectivity index (χ0v) is 13.7. The SMILES string of the molecule is O=[N+]([O-])c1ccc(NNC(=S)N[C@H]2CCS(=O)(=O)C2)c([N+](=O)[O-])c1. The fourth-order valence-corrected chi connectivity index (χ4v) is 4.04. The lowest BCUT2D eigenvalue weighted by Gasteiger charge is -2.16. The second-order valence-corrected chi connectivity index (χ2v) is 7.68. The Hall–Kier alpha value is -2.54. The average molecular weight is 375 g/mol. The van der Waals surface area contributed by atoms with Crippen LogP contribution in [0.25, 0.3) is 0 Å². The van der Waals surface area contributed by atoms with Crippen LogP contribution in [-0.4, -0.2) is 40.9 Å². The Morgan fingerprint density at radius 3 is 2.50 bits per heavy atom. The standard InChI is InChI=1S/C11H13N5O6S2/c17-15(18)8-1-2-9(10(5-8)16(19)20)13-14-11(23)12-7-3-4-24(21,22)6-7/h1-2,5,7,13H,3-4,6H2,(H2,12,14,23)/t7-/m0/s1. The Labute approximate surface area is 141 Å². The Balaban J connectivity index is 1.99. The first-order chi connectivity index (χ1) is 11.2. The third kappa shape index (κ3) is 4.48. The minimum atomic E-state index is -3.06. The van der Waals surface area contributed by atoms with Crippen LogP contribution in [0.5, 0.6) is 0 Å². The number of nitrogens with one attached hydrogen (secondary N) is 3. The minimum Gasteiger partial charge on any atom is -0.358 e. The Morgan fingerprint density at radius 2 is 1.96 bits per heavy atom. The lowest BCUT2D eigenvalue weighted by atomic mass is 10.2. The number of sulfone groups is 1. The molecule has 1 saturated heterocycles. The van der Waals surface area contributed by atoms with Gasteiger partial charge in [-0.1, -0.05) is 0 Å². The van der Waals surface area contributed by atoms with Gasteiger partial charge in [0.25, 0.3) is 5.69 Å². The number of non-ortho nitro benzene ring substituents is 1. The maximum absolute atomic E-state index is 11.4. The van der Waals surface area contributed by atoms with Crippen LogP contribution in [0.3, 0.4) is 0 Å². The van der Waals surface area contributed by atoms with Crippen LogP contribution in [0.1, 0.15) is 6.42 Å². The fourth-order valence-electron chi connectivity index (χ4n) is 2.14. The molecule has 0 radical (unpaired) electrons. The summed E-state index contributed by atoms with van der Waals surface area (Å²) in [7, 11) is -3.06. The van der Waals surface area contributed by atoms with E-state index in [1.807, 2.05) is 0 Å². The number of hydrogen-bond acceptors (Lipinski definition) is 8. The number of hydrogen-bond donors (Lipinski definition) is 3. The molecule has 0 bridgehead atoms. The van der Waals surface area contributed by atoms with Crippen LogP contribution in [0.15, 0.2) is 18.2 Å². The first-order valence-corrected chi connectivity index (χ1v) is 8.87. The zero-order chi connectivity index (χ0) is 17.9. The van der Waals surface area contributed by atoms with Gasteiger partial charge in [0.2, 0.25) is 0 Å². The molecule has 130 valence electrons. The summed E-state index contributed by atoms with van der Waals surface area (Å²) in [5.41, 5.74) is 4.06. The topological polar surface area (TPSA) is 157 Å². The van der Waals surface area contributed by atoms with Crippen molar-refractivity contribution in [3.05, 3.63) is 38.4 Å². The predicted molar refractivity (Wildman–Crippen MR) is 89.3 cm³/mol. The molecule has 1 fully saturated rings. The monoisotopic (exact) mass is 375 g/mol. The van der Waals surface area contributed by atoms with Crippen molar-refractivity contribution >= 4 is 44.2 Å². The Kier molecular flexibility index (Phi) is 5.14. The molecule has 1 aliphatic heterocycles. The highest BCUT2D eigenvalue weighted by Crippen LogP contribution is 2.28. The number of nitrogens with zero attached hydrogens (tertiary/aromatic N) is 2. The molecule has 0 saturated carbocycles. The molecule has 3 N–H and O–H groups in total. The van der Waals surface area contributed by atoms with E-state index in [1.54, 1.807) is 0 Å². The summed E-state index contributed by atoms with van der Waals surface area (Å²) >= 11 is 4.98. The molecule has 24 heavy (non-hydrogen) atoms. The molecular formula is C11H13N5O6S2.